The second-order valence-electron chi connectivity index (χ2n) is 7.90. The molecule has 4 rings (SSSR count). The summed E-state index contributed by atoms with van der Waals surface area (Å²) in [7, 11) is 0. The highest BCUT2D eigenvalue weighted by atomic mass is 79.9. The molecule has 0 spiro atoms. The molecule has 0 unspecified atom stereocenters. The van der Waals surface area contributed by atoms with Gasteiger partial charge in [-0.2, -0.15) is 5.10 Å². The predicted molar refractivity (Wildman–Crippen MR) is 151 cm³/mol. The number of nitrogens with one attached hydrogen (secondary N) is 1. The zero-order chi connectivity index (χ0) is 26.0. The Hall–Kier alpha value is -2.69. The first kappa shape index (κ1) is 27.3. The number of amides is 1. The molecule has 0 saturated carbocycles. The van der Waals surface area contributed by atoms with Gasteiger partial charge < -0.3 is 14.2 Å². The Balaban J connectivity index is 1.30. The van der Waals surface area contributed by atoms with E-state index >= 15 is 0 Å². The number of carbonyl (C=O) groups excluding carboxylic acids is 1. The van der Waals surface area contributed by atoms with Gasteiger partial charge in [0, 0.05) is 21.5 Å². The van der Waals surface area contributed by atoms with Gasteiger partial charge in [0.05, 0.1) is 17.4 Å². The Kier molecular flexibility index (Phi) is 10.2. The van der Waals surface area contributed by atoms with Crippen molar-refractivity contribution in [3.05, 3.63) is 87.6 Å². The Bertz CT molecular complexity index is 1240. The molecular weight excluding hydrogens is 579 g/mol. The highest BCUT2D eigenvalue weighted by Gasteiger charge is 2.18. The van der Waals surface area contributed by atoms with E-state index in [-0.39, 0.29) is 24.9 Å². The fourth-order valence-electron chi connectivity index (χ4n) is 3.45. The topological polar surface area (TPSA) is 69.2 Å². The molecule has 1 saturated heterocycles. The van der Waals surface area contributed by atoms with E-state index in [2.05, 4.69) is 26.5 Å². The molecular formula is C27H26BrFN2O4S2. The van der Waals surface area contributed by atoms with Crippen LogP contribution in [0.15, 0.2) is 70.2 Å². The number of carbonyl (C=O) groups is 1. The van der Waals surface area contributed by atoms with E-state index in [4.69, 9.17) is 14.2 Å². The molecule has 3 aromatic rings. The summed E-state index contributed by atoms with van der Waals surface area (Å²) in [4.78, 5) is 12.2. The summed E-state index contributed by atoms with van der Waals surface area (Å²) in [5.41, 5.74) is 5.12. The van der Waals surface area contributed by atoms with Crippen molar-refractivity contribution in [2.45, 2.75) is 18.1 Å². The van der Waals surface area contributed by atoms with E-state index in [1.54, 1.807) is 24.3 Å². The van der Waals surface area contributed by atoms with Crippen LogP contribution >= 0.6 is 39.5 Å². The van der Waals surface area contributed by atoms with Crippen LogP contribution in [0.4, 0.5) is 4.39 Å². The normalized spacial score (nSPS) is 13.6. The molecule has 0 aliphatic carbocycles. The van der Waals surface area contributed by atoms with Crippen LogP contribution < -0.4 is 19.6 Å². The van der Waals surface area contributed by atoms with Gasteiger partial charge in [0.25, 0.3) is 5.91 Å². The summed E-state index contributed by atoms with van der Waals surface area (Å²) in [6.45, 7) is 2.34. The number of rotatable bonds is 11. The number of hydrogen-bond donors (Lipinski definition) is 1. The highest BCUT2D eigenvalue weighted by Crippen LogP contribution is 2.45. The lowest BCUT2D eigenvalue weighted by Gasteiger charge is -2.14. The second-order valence-corrected chi connectivity index (χ2v) is 11.5. The van der Waals surface area contributed by atoms with E-state index in [9.17, 15) is 9.18 Å². The van der Waals surface area contributed by atoms with Crippen molar-refractivity contribution in [1.82, 2.24) is 5.43 Å². The smallest absolute Gasteiger partial charge is 0.277 e. The van der Waals surface area contributed by atoms with Crippen LogP contribution in [0.2, 0.25) is 0 Å². The summed E-state index contributed by atoms with van der Waals surface area (Å²) >= 11 is 7.39. The molecule has 1 fully saturated rings. The lowest BCUT2D eigenvalue weighted by molar-refractivity contribution is -0.123. The number of hydrazone groups is 1. The average molecular weight is 606 g/mol. The first-order chi connectivity index (χ1) is 18.0. The third-order valence-corrected chi connectivity index (χ3v) is 8.97. The van der Waals surface area contributed by atoms with Crippen molar-refractivity contribution >= 4 is 51.6 Å². The number of hydrogen-bond acceptors (Lipinski definition) is 7. The number of nitrogens with zero attached hydrogens (tertiary/aromatic N) is 1. The average Bonchev–Trinajstić information content (AvgIpc) is 3.44. The number of thioether (sulfide) groups is 2. The van der Waals surface area contributed by atoms with Crippen LogP contribution in [0.25, 0.3) is 0 Å². The third-order valence-electron chi connectivity index (χ3n) is 5.18. The van der Waals surface area contributed by atoms with Crippen LogP contribution in [-0.2, 0) is 11.4 Å². The predicted octanol–water partition coefficient (Wildman–Crippen LogP) is 6.57. The van der Waals surface area contributed by atoms with Crippen molar-refractivity contribution in [1.29, 1.82) is 0 Å². The molecule has 0 aromatic heterocycles. The van der Waals surface area contributed by atoms with E-state index in [0.717, 1.165) is 0 Å². The molecule has 3 aromatic carbocycles. The molecule has 1 aliphatic rings. The summed E-state index contributed by atoms with van der Waals surface area (Å²) in [5.74, 6) is 3.30. The second kappa shape index (κ2) is 13.7. The number of ether oxygens (including phenoxy) is 3. The fourth-order valence-corrected chi connectivity index (χ4v) is 6.73. The van der Waals surface area contributed by atoms with Gasteiger partial charge in [-0.1, -0.05) is 24.3 Å². The van der Waals surface area contributed by atoms with Crippen LogP contribution in [0.1, 0.15) is 28.2 Å². The van der Waals surface area contributed by atoms with Crippen molar-refractivity contribution in [2.75, 3.05) is 24.7 Å². The van der Waals surface area contributed by atoms with Gasteiger partial charge in [-0.05, 0) is 70.4 Å². The summed E-state index contributed by atoms with van der Waals surface area (Å²) in [5, 5.41) is 4.04. The Morgan fingerprint density at radius 1 is 1.08 bits per heavy atom. The summed E-state index contributed by atoms with van der Waals surface area (Å²) in [6, 6.07) is 17.6. The molecule has 0 radical (unpaired) electrons. The van der Waals surface area contributed by atoms with E-state index in [0.29, 0.717) is 44.0 Å². The molecule has 10 heteroatoms. The zero-order valence-electron chi connectivity index (χ0n) is 20.1. The molecule has 1 amide bonds. The molecule has 1 heterocycles. The summed E-state index contributed by atoms with van der Waals surface area (Å²) < 4.78 is 31.8. The van der Waals surface area contributed by atoms with Gasteiger partial charge in [-0.25, -0.2) is 9.82 Å². The van der Waals surface area contributed by atoms with Gasteiger partial charge in [0.2, 0.25) is 0 Å². The Morgan fingerprint density at radius 3 is 2.57 bits per heavy atom. The number of benzene rings is 3. The Labute approximate surface area is 232 Å². The number of halogens is 2. The van der Waals surface area contributed by atoms with Gasteiger partial charge in [-0.15, -0.1) is 23.5 Å². The Morgan fingerprint density at radius 2 is 1.84 bits per heavy atom. The fraction of sp³-hybridized carbons (Fsp3) is 0.259. The van der Waals surface area contributed by atoms with Crippen LogP contribution in [0.5, 0.6) is 17.2 Å². The van der Waals surface area contributed by atoms with Gasteiger partial charge in [-0.3, -0.25) is 4.79 Å². The maximum Gasteiger partial charge on any atom is 0.277 e. The van der Waals surface area contributed by atoms with E-state index in [1.165, 1.54) is 35.4 Å². The molecule has 37 heavy (non-hydrogen) atoms. The summed E-state index contributed by atoms with van der Waals surface area (Å²) in [6.07, 6.45) is 1.51. The van der Waals surface area contributed by atoms with Crippen molar-refractivity contribution < 1.29 is 23.4 Å². The molecule has 0 bridgehead atoms. The minimum atomic E-state index is -0.376. The van der Waals surface area contributed by atoms with Crippen molar-refractivity contribution in [2.24, 2.45) is 5.10 Å². The maximum atomic E-state index is 13.4. The first-order valence-electron chi connectivity index (χ1n) is 11.6. The minimum absolute atomic E-state index is 0.151. The molecule has 6 nitrogen and oxygen atoms in total. The van der Waals surface area contributed by atoms with Crippen LogP contribution in [0, 0.1) is 5.82 Å². The third kappa shape index (κ3) is 8.15. The monoisotopic (exact) mass is 604 g/mol. The SMILES string of the molecule is CCOc1cc(/C=N\NC(=O)COc2ccc(C3SCCS3)cc2)c(Br)cc1OCc1cccc(F)c1. The van der Waals surface area contributed by atoms with Crippen LogP contribution in [0.3, 0.4) is 0 Å². The molecule has 0 atom stereocenters. The molecule has 1 aliphatic heterocycles. The zero-order valence-corrected chi connectivity index (χ0v) is 23.3. The van der Waals surface area contributed by atoms with Crippen molar-refractivity contribution in [3.63, 3.8) is 0 Å². The first-order valence-corrected chi connectivity index (χ1v) is 14.5. The standard InChI is InChI=1S/C27H26BrFN2O4S2/c1-2-33-24-13-20(23(28)14-25(24)35-16-18-4-3-5-21(29)12-18)15-30-31-26(32)17-34-22-8-6-19(7-9-22)27-36-10-11-37-27/h3-9,12-15,27H,2,10-11,16-17H2,1H3,(H,31,32)/b30-15-. The lowest BCUT2D eigenvalue weighted by Crippen LogP contribution is -2.24. The van der Waals surface area contributed by atoms with Gasteiger partial charge >= 0.3 is 0 Å². The van der Waals surface area contributed by atoms with Crippen molar-refractivity contribution in [3.8, 4) is 17.2 Å². The molecule has 194 valence electrons. The molecule has 1 N–H and O–H groups in total. The highest BCUT2D eigenvalue weighted by molar-refractivity contribution is 9.10. The maximum absolute atomic E-state index is 13.4. The largest absolute Gasteiger partial charge is 0.490 e. The van der Waals surface area contributed by atoms with E-state index < -0.39 is 0 Å². The quantitative estimate of drug-likeness (QED) is 0.197. The van der Waals surface area contributed by atoms with Crippen LogP contribution in [-0.4, -0.2) is 36.8 Å². The lowest BCUT2D eigenvalue weighted by atomic mass is 10.2. The van der Waals surface area contributed by atoms with Gasteiger partial charge in [0.1, 0.15) is 18.2 Å². The van der Waals surface area contributed by atoms with E-state index in [1.807, 2.05) is 54.7 Å². The van der Waals surface area contributed by atoms with Gasteiger partial charge in [0.15, 0.2) is 18.1 Å². The minimum Gasteiger partial charge on any atom is -0.490 e.